The first-order chi connectivity index (χ1) is 50.8. The van der Waals surface area contributed by atoms with Crippen LogP contribution in [0.3, 0.4) is 0 Å². The smallest absolute Gasteiger partial charge is 0.163 e. The molecule has 104 heavy (non-hydrogen) atoms. The Morgan fingerprint density at radius 3 is 0.731 bits per heavy atom. The summed E-state index contributed by atoms with van der Waals surface area (Å²) in [7, 11) is 0. The molecular formula is C90H98N6O8. The molecule has 6 aromatic carbocycles. The normalized spacial score (nSPS) is 11.9. The molecule has 4 unspecified atom stereocenters. The van der Waals surface area contributed by atoms with E-state index in [0.717, 1.165) is 103 Å². The highest BCUT2D eigenvalue weighted by Crippen LogP contribution is 2.36. The zero-order valence-corrected chi connectivity index (χ0v) is 61.6. The number of rotatable bonds is 28. The SMILES string of the molecule is CCCCC(CC)COc1cc2ncc3ccc(c#cc4cccc(c#cc5ccc(cnc6cc(OCC(CC)CCCC)c(OCC(CC)CCCC)cc6ncc6ccc(c#cc7cccc(c#cc8ccc(cnc2cc1OCC(CC)CCCC)c(O)c8)n7)cc6O)c(O)c5)n4)cc3O. The zero-order valence-electron chi connectivity index (χ0n) is 61.6. The Labute approximate surface area is 614 Å². The molecule has 0 aliphatic carbocycles. The third kappa shape index (κ3) is 23.5. The molecule has 15 rings (SSSR count). The summed E-state index contributed by atoms with van der Waals surface area (Å²) < 4.78 is 26.7. The van der Waals surface area contributed by atoms with Gasteiger partial charge in [-0.2, -0.15) is 0 Å². The third-order valence-electron chi connectivity index (χ3n) is 18.5. The van der Waals surface area contributed by atoms with Crippen molar-refractivity contribution in [1.29, 1.82) is 0 Å². The molecule has 0 saturated heterocycles. The lowest BCUT2D eigenvalue weighted by molar-refractivity contribution is 0.199. The van der Waals surface area contributed by atoms with Crippen molar-refractivity contribution in [2.45, 2.75) is 158 Å². The van der Waals surface area contributed by atoms with Gasteiger partial charge in [-0.15, -0.1) is 0 Å². The van der Waals surface area contributed by atoms with E-state index < -0.39 is 0 Å². The highest BCUT2D eigenvalue weighted by molar-refractivity contribution is 5.82. The van der Waals surface area contributed by atoms with E-state index in [1.807, 2.05) is 36.4 Å². The summed E-state index contributed by atoms with van der Waals surface area (Å²) >= 11 is 0. The van der Waals surface area contributed by atoms with E-state index in [0.29, 0.717) is 160 Å². The lowest BCUT2D eigenvalue weighted by Gasteiger charge is -2.20. The number of aromatic nitrogens is 6. The molecule has 12 bridgehead atoms. The first-order valence-corrected chi connectivity index (χ1v) is 37.1. The Balaban J connectivity index is 1.20. The molecule has 9 heterocycles. The summed E-state index contributed by atoms with van der Waals surface area (Å²) in [5, 5.41) is 50.0. The Morgan fingerprint density at radius 2 is 0.529 bits per heavy atom. The van der Waals surface area contributed by atoms with Gasteiger partial charge in [-0.1, -0.05) is 169 Å². The summed E-state index contributed by atoms with van der Waals surface area (Å²) in [6.45, 7) is 19.5. The summed E-state index contributed by atoms with van der Waals surface area (Å²) in [6.07, 6.45) is 23.2. The first-order valence-electron chi connectivity index (χ1n) is 37.1. The molecule has 0 aliphatic heterocycles. The van der Waals surface area contributed by atoms with Gasteiger partial charge in [-0.3, -0.25) is 19.9 Å². The van der Waals surface area contributed by atoms with Gasteiger partial charge < -0.3 is 39.4 Å². The Kier molecular flexibility index (Phi) is 30.1. The van der Waals surface area contributed by atoms with Gasteiger partial charge in [-0.25, -0.2) is 9.97 Å². The quantitative estimate of drug-likeness (QED) is 0.0362. The summed E-state index contributed by atoms with van der Waals surface area (Å²) in [5.41, 5.74) is 3.66. The molecule has 9 aromatic heterocycles. The Bertz CT molecular complexity index is 4240. The van der Waals surface area contributed by atoms with Gasteiger partial charge in [0.2, 0.25) is 0 Å². The molecule has 0 amide bonds. The maximum absolute atomic E-state index is 11.5. The monoisotopic (exact) mass is 1390 g/mol. The molecule has 4 atom stereocenters. The summed E-state index contributed by atoms with van der Waals surface area (Å²) in [6, 6.07) is 63.7. The topological polar surface area (TPSA) is 195 Å². The van der Waals surface area contributed by atoms with Gasteiger partial charge in [-0.05, 0) is 171 Å². The number of aromatic hydroxyl groups is 4. The van der Waals surface area contributed by atoms with Crippen LogP contribution in [-0.2, 0) is 0 Å². The fraction of sp³-hybridized carbons (Fsp3) is 0.356. The van der Waals surface area contributed by atoms with Crippen LogP contribution in [-0.4, -0.2) is 76.8 Å². The molecule has 14 heteroatoms. The van der Waals surface area contributed by atoms with Crippen LogP contribution in [0.2, 0.25) is 0 Å². The van der Waals surface area contributed by atoms with E-state index in [4.69, 9.17) is 48.9 Å². The predicted octanol–water partition coefficient (Wildman–Crippen LogP) is 22.2. The molecule has 0 saturated carbocycles. The van der Waals surface area contributed by atoms with E-state index in [1.165, 1.54) is 0 Å². The fourth-order valence-electron chi connectivity index (χ4n) is 11.5. The van der Waals surface area contributed by atoms with Crippen LogP contribution >= 0.6 is 0 Å². The largest absolute Gasteiger partial charge is 0.507 e. The maximum Gasteiger partial charge on any atom is 0.163 e. The molecule has 0 aliphatic rings. The van der Waals surface area contributed by atoms with Crippen molar-refractivity contribution in [2.75, 3.05) is 26.4 Å². The molecule has 0 radical (unpaired) electrons. The molecule has 15 aromatic rings. The summed E-state index contributed by atoms with van der Waals surface area (Å²) in [4.78, 5) is 29.2. The van der Waals surface area contributed by atoms with Crippen LogP contribution in [0, 0.1) is 72.2 Å². The van der Waals surface area contributed by atoms with Crippen LogP contribution in [0.25, 0.3) is 87.2 Å². The van der Waals surface area contributed by atoms with E-state index in [9.17, 15) is 20.4 Å². The number of phenolic OH excluding ortho intramolecular Hbond substituents is 4. The number of hydrogen-bond donors (Lipinski definition) is 4. The first kappa shape index (κ1) is 77.1. The molecular weight excluding hydrogens is 1290 g/mol. The molecule has 4 N–H and O–H groups in total. The average Bonchev–Trinajstić information content (AvgIpc) is 0.818. The molecule has 14 nitrogen and oxygen atoms in total. The van der Waals surface area contributed by atoms with Gasteiger partial charge in [0.15, 0.2) is 23.0 Å². The highest BCUT2D eigenvalue weighted by atomic mass is 16.5. The second-order valence-corrected chi connectivity index (χ2v) is 26.4. The zero-order chi connectivity index (χ0) is 73.4. The van der Waals surface area contributed by atoms with Crippen LogP contribution in [0.5, 0.6) is 46.0 Å². The Hall–Kier alpha value is -11.1. The van der Waals surface area contributed by atoms with Crippen LogP contribution in [0.15, 0.2) is 158 Å². The molecule has 536 valence electrons. The van der Waals surface area contributed by atoms with E-state index in [1.54, 1.807) is 122 Å². The number of unbranched alkanes of at least 4 members (excludes halogenated alkanes) is 4. The van der Waals surface area contributed by atoms with Crippen LogP contribution in [0.4, 0.5) is 0 Å². The maximum atomic E-state index is 11.5. The number of phenols is 4. The van der Waals surface area contributed by atoms with Gasteiger partial charge in [0, 0.05) is 92.1 Å². The van der Waals surface area contributed by atoms with Crippen molar-refractivity contribution in [2.24, 2.45) is 23.7 Å². The molecule has 0 fully saturated rings. The fourth-order valence-corrected chi connectivity index (χ4v) is 11.5. The van der Waals surface area contributed by atoms with Crippen molar-refractivity contribution < 1.29 is 39.4 Å². The minimum Gasteiger partial charge on any atom is -0.507 e. The number of benzene rings is 6. The van der Waals surface area contributed by atoms with Gasteiger partial charge in [0.05, 0.1) is 48.5 Å². The van der Waals surface area contributed by atoms with E-state index in [-0.39, 0.29) is 23.0 Å². The summed E-state index contributed by atoms with van der Waals surface area (Å²) in [5.74, 6) is 3.39. The van der Waals surface area contributed by atoms with Gasteiger partial charge >= 0.3 is 0 Å². The van der Waals surface area contributed by atoms with Gasteiger partial charge in [0.25, 0.3) is 0 Å². The minimum atomic E-state index is -0.0402. The van der Waals surface area contributed by atoms with Crippen molar-refractivity contribution >= 4 is 87.2 Å². The van der Waals surface area contributed by atoms with Crippen LogP contribution in [0.1, 0.15) is 158 Å². The predicted molar refractivity (Wildman–Crippen MR) is 420 cm³/mol. The average molecular weight is 1390 g/mol. The second-order valence-electron chi connectivity index (χ2n) is 26.4. The van der Waals surface area contributed by atoms with Crippen molar-refractivity contribution in [3.8, 4) is 46.0 Å². The van der Waals surface area contributed by atoms with Crippen molar-refractivity contribution in [1.82, 2.24) is 29.9 Å². The number of nitrogens with zero attached hydrogens (tertiary/aromatic N) is 6. The Morgan fingerprint density at radius 1 is 0.298 bits per heavy atom. The number of ether oxygens (including phenoxy) is 4. The standard InChI is InChI=1S/C90H98N6O8/c1-9-17-23-63(13-5)59-101-87-51-79-80(52-88(87)102-60-64(14-6)24-18-10-2)92-56-72-40-32-68(48-84(72)98)36-44-76-28-22-30-78(96-76)46-38-70-34-42-74(86(100)50-70)58-94-82-54-90(104-62-66(16-8)26-20-12-4)89(103-61-65(15-7)25-19-11-3)53-81(82)93-57-73-41-33-69(49-85(73)99)37-45-77-29-21-27-75(95-77)43-35-67-31-39-71(55-91-79)83(97)47-67/h21-22,27-34,39-42,47-58,63-66,97-100H,9-20,23-26,59-62H2,1-8H3. The van der Waals surface area contributed by atoms with Crippen molar-refractivity contribution in [3.63, 3.8) is 0 Å². The molecule has 0 spiro atoms. The lowest BCUT2D eigenvalue weighted by Crippen LogP contribution is -2.14. The number of hydrogen-bond acceptors (Lipinski definition) is 14. The van der Waals surface area contributed by atoms with E-state index in [2.05, 4.69) is 104 Å². The highest BCUT2D eigenvalue weighted by Gasteiger charge is 2.18. The van der Waals surface area contributed by atoms with Gasteiger partial charge in [0.1, 0.15) is 45.1 Å². The van der Waals surface area contributed by atoms with Crippen LogP contribution < -0.4 is 18.9 Å². The minimum absolute atomic E-state index is 0.0402. The second kappa shape index (κ2) is 40.5. The van der Waals surface area contributed by atoms with E-state index >= 15 is 0 Å². The lowest BCUT2D eigenvalue weighted by atomic mass is 10.0. The third-order valence-corrected chi connectivity index (χ3v) is 18.5. The number of pyridine rings is 2. The van der Waals surface area contributed by atoms with Crippen molar-refractivity contribution in [3.05, 3.63) is 207 Å².